The zero-order valence-electron chi connectivity index (χ0n) is 12.1. The molecule has 1 N–H and O–H groups in total. The summed E-state index contributed by atoms with van der Waals surface area (Å²) in [6.45, 7) is 4.67. The summed E-state index contributed by atoms with van der Waals surface area (Å²) in [5, 5.41) is 3.46. The minimum atomic E-state index is 0.381. The van der Waals surface area contributed by atoms with Crippen molar-refractivity contribution in [2.24, 2.45) is 0 Å². The van der Waals surface area contributed by atoms with Gasteiger partial charge in [-0.25, -0.2) is 0 Å². The Morgan fingerprint density at radius 3 is 2.90 bits per heavy atom. The van der Waals surface area contributed by atoms with Crippen LogP contribution in [0.5, 0.6) is 5.75 Å². The zero-order chi connectivity index (χ0) is 14.3. The molecular formula is C17H21N3O. The van der Waals surface area contributed by atoms with E-state index in [1.165, 1.54) is 5.56 Å². The van der Waals surface area contributed by atoms with E-state index in [4.69, 9.17) is 4.74 Å². The normalized spacial score (nSPS) is 19.3. The van der Waals surface area contributed by atoms with Crippen molar-refractivity contribution in [3.63, 3.8) is 0 Å². The fourth-order valence-electron chi connectivity index (χ4n) is 2.71. The SMILES string of the molecule is c1ccc(OCCN2CCNCC2c2cccnc2)cc1. The highest BCUT2D eigenvalue weighted by Crippen LogP contribution is 2.21. The van der Waals surface area contributed by atoms with E-state index in [2.05, 4.69) is 21.3 Å². The van der Waals surface area contributed by atoms with Crippen LogP contribution >= 0.6 is 0 Å². The highest BCUT2D eigenvalue weighted by atomic mass is 16.5. The highest BCUT2D eigenvalue weighted by molar-refractivity contribution is 5.21. The maximum atomic E-state index is 5.82. The van der Waals surface area contributed by atoms with Gasteiger partial charge in [0.2, 0.25) is 0 Å². The second-order valence-corrected chi connectivity index (χ2v) is 5.20. The Labute approximate surface area is 125 Å². The smallest absolute Gasteiger partial charge is 0.119 e. The molecule has 21 heavy (non-hydrogen) atoms. The van der Waals surface area contributed by atoms with Gasteiger partial charge in [-0.2, -0.15) is 0 Å². The van der Waals surface area contributed by atoms with Gasteiger partial charge < -0.3 is 10.1 Å². The van der Waals surface area contributed by atoms with Gasteiger partial charge in [0.05, 0.1) is 0 Å². The number of nitrogens with zero attached hydrogens (tertiary/aromatic N) is 2. The van der Waals surface area contributed by atoms with Crippen LogP contribution in [0.2, 0.25) is 0 Å². The molecule has 3 rings (SSSR count). The molecule has 1 saturated heterocycles. The van der Waals surface area contributed by atoms with Crippen LogP contribution < -0.4 is 10.1 Å². The molecule has 4 heteroatoms. The van der Waals surface area contributed by atoms with Crippen molar-refractivity contribution < 1.29 is 4.74 Å². The van der Waals surface area contributed by atoms with Crippen molar-refractivity contribution in [2.45, 2.75) is 6.04 Å². The summed E-state index contributed by atoms with van der Waals surface area (Å²) >= 11 is 0. The molecule has 1 aliphatic heterocycles. The van der Waals surface area contributed by atoms with Crippen LogP contribution in [0.3, 0.4) is 0 Å². The fraction of sp³-hybridized carbons (Fsp3) is 0.353. The predicted octanol–water partition coefficient (Wildman–Crippen LogP) is 2.11. The van der Waals surface area contributed by atoms with E-state index >= 15 is 0 Å². The lowest BCUT2D eigenvalue weighted by Gasteiger charge is -2.36. The van der Waals surface area contributed by atoms with Gasteiger partial charge >= 0.3 is 0 Å². The van der Waals surface area contributed by atoms with E-state index in [1.54, 1.807) is 0 Å². The number of rotatable bonds is 5. The van der Waals surface area contributed by atoms with E-state index in [0.717, 1.165) is 31.9 Å². The summed E-state index contributed by atoms with van der Waals surface area (Å²) in [5.74, 6) is 0.936. The standard InChI is InChI=1S/C17H21N3O/c1-2-6-16(7-3-1)21-12-11-20-10-9-19-14-17(20)15-5-4-8-18-13-15/h1-8,13,17,19H,9-12,14H2. The number of nitrogens with one attached hydrogen (secondary N) is 1. The zero-order valence-corrected chi connectivity index (χ0v) is 12.1. The van der Waals surface area contributed by atoms with Crippen molar-refractivity contribution in [3.05, 3.63) is 60.4 Å². The second-order valence-electron chi connectivity index (χ2n) is 5.20. The van der Waals surface area contributed by atoms with Gasteiger partial charge in [-0.15, -0.1) is 0 Å². The molecule has 0 spiro atoms. The molecule has 0 amide bonds. The molecule has 110 valence electrons. The van der Waals surface area contributed by atoms with E-state index in [9.17, 15) is 0 Å². The number of hydrogen-bond donors (Lipinski definition) is 1. The minimum absolute atomic E-state index is 0.381. The van der Waals surface area contributed by atoms with Gasteiger partial charge in [-0.1, -0.05) is 24.3 Å². The summed E-state index contributed by atoms with van der Waals surface area (Å²) in [6.07, 6.45) is 3.78. The first-order valence-electron chi connectivity index (χ1n) is 7.46. The minimum Gasteiger partial charge on any atom is -0.492 e. The van der Waals surface area contributed by atoms with Gasteiger partial charge in [0.25, 0.3) is 0 Å². The third-order valence-corrected chi connectivity index (χ3v) is 3.81. The molecule has 4 nitrogen and oxygen atoms in total. The number of ether oxygens (including phenoxy) is 1. The molecule has 0 aliphatic carbocycles. The summed E-state index contributed by atoms with van der Waals surface area (Å²) < 4.78 is 5.82. The van der Waals surface area contributed by atoms with E-state index in [1.807, 2.05) is 48.8 Å². The van der Waals surface area contributed by atoms with Gasteiger partial charge in [0.1, 0.15) is 12.4 Å². The maximum Gasteiger partial charge on any atom is 0.119 e. The molecule has 0 radical (unpaired) electrons. The Morgan fingerprint density at radius 1 is 1.19 bits per heavy atom. The molecule has 1 aromatic carbocycles. The Balaban J connectivity index is 1.57. The van der Waals surface area contributed by atoms with E-state index < -0.39 is 0 Å². The number of piperazine rings is 1. The molecule has 0 saturated carbocycles. The first kappa shape index (κ1) is 14.0. The highest BCUT2D eigenvalue weighted by Gasteiger charge is 2.23. The molecule has 0 bridgehead atoms. The number of hydrogen-bond acceptors (Lipinski definition) is 4. The third kappa shape index (κ3) is 3.80. The fourth-order valence-corrected chi connectivity index (χ4v) is 2.71. The van der Waals surface area contributed by atoms with Crippen LogP contribution in [-0.2, 0) is 0 Å². The third-order valence-electron chi connectivity index (χ3n) is 3.81. The molecule has 2 aromatic rings. The average molecular weight is 283 g/mol. The van der Waals surface area contributed by atoms with Crippen molar-refractivity contribution in [3.8, 4) is 5.75 Å². The van der Waals surface area contributed by atoms with Crippen LogP contribution in [0.15, 0.2) is 54.9 Å². The van der Waals surface area contributed by atoms with Gasteiger partial charge in [-0.05, 0) is 23.8 Å². The monoisotopic (exact) mass is 283 g/mol. The number of para-hydroxylation sites is 1. The number of aromatic nitrogens is 1. The van der Waals surface area contributed by atoms with Crippen molar-refractivity contribution >= 4 is 0 Å². The lowest BCUT2D eigenvalue weighted by atomic mass is 10.1. The van der Waals surface area contributed by atoms with E-state index in [0.29, 0.717) is 12.6 Å². The molecule has 1 unspecified atom stereocenters. The summed E-state index contributed by atoms with van der Waals surface area (Å²) in [7, 11) is 0. The van der Waals surface area contributed by atoms with Gasteiger partial charge in [-0.3, -0.25) is 9.88 Å². The largest absolute Gasteiger partial charge is 0.492 e. The topological polar surface area (TPSA) is 37.4 Å². The summed E-state index contributed by atoms with van der Waals surface area (Å²) in [6, 6.07) is 14.5. The van der Waals surface area contributed by atoms with Crippen LogP contribution in [0, 0.1) is 0 Å². The molecular weight excluding hydrogens is 262 g/mol. The molecule has 1 fully saturated rings. The predicted molar refractivity (Wildman–Crippen MR) is 83.4 cm³/mol. The number of pyridine rings is 1. The summed E-state index contributed by atoms with van der Waals surface area (Å²) in [5.41, 5.74) is 1.27. The van der Waals surface area contributed by atoms with Gasteiger partial charge in [0.15, 0.2) is 0 Å². The molecule has 1 atom stereocenters. The Kier molecular flexibility index (Phi) is 4.82. The van der Waals surface area contributed by atoms with E-state index in [-0.39, 0.29) is 0 Å². The molecule has 2 heterocycles. The van der Waals surface area contributed by atoms with Crippen molar-refractivity contribution in [1.82, 2.24) is 15.2 Å². The lowest BCUT2D eigenvalue weighted by Crippen LogP contribution is -2.47. The van der Waals surface area contributed by atoms with Gasteiger partial charge in [0, 0.05) is 44.6 Å². The van der Waals surface area contributed by atoms with Crippen LogP contribution in [0.25, 0.3) is 0 Å². The first-order chi connectivity index (χ1) is 10.4. The first-order valence-corrected chi connectivity index (χ1v) is 7.46. The van der Waals surface area contributed by atoms with Crippen LogP contribution in [-0.4, -0.2) is 42.7 Å². The van der Waals surface area contributed by atoms with Crippen LogP contribution in [0.4, 0.5) is 0 Å². The van der Waals surface area contributed by atoms with Crippen LogP contribution in [0.1, 0.15) is 11.6 Å². The maximum absolute atomic E-state index is 5.82. The molecule has 1 aliphatic rings. The Hall–Kier alpha value is -1.91. The molecule has 1 aromatic heterocycles. The average Bonchev–Trinajstić information content (AvgIpc) is 2.57. The summed E-state index contributed by atoms with van der Waals surface area (Å²) in [4.78, 5) is 6.71. The Bertz CT molecular complexity index is 532. The number of benzene rings is 1. The Morgan fingerprint density at radius 2 is 2.10 bits per heavy atom. The van der Waals surface area contributed by atoms with Crippen molar-refractivity contribution in [2.75, 3.05) is 32.8 Å². The lowest BCUT2D eigenvalue weighted by molar-refractivity contribution is 0.134. The quantitative estimate of drug-likeness (QED) is 0.912. The van der Waals surface area contributed by atoms with Crippen molar-refractivity contribution in [1.29, 1.82) is 0 Å². The second kappa shape index (κ2) is 7.20.